The number of aliphatic hydroxyl groups excluding tert-OH is 1. The lowest BCUT2D eigenvalue weighted by Gasteiger charge is -2.30. The number of hydrogen-bond donors (Lipinski definition) is 5. The van der Waals surface area contributed by atoms with Gasteiger partial charge in [0.05, 0.1) is 33.3 Å². The van der Waals surface area contributed by atoms with E-state index in [1.807, 2.05) is 0 Å². The van der Waals surface area contributed by atoms with Gasteiger partial charge in [0.25, 0.3) is 0 Å². The van der Waals surface area contributed by atoms with Crippen LogP contribution in [0.2, 0.25) is 0 Å². The highest BCUT2D eigenvalue weighted by molar-refractivity contribution is 7.54. The maximum Gasteiger partial charge on any atom is 0.342 e. The third-order valence-corrected chi connectivity index (χ3v) is 9.57. The normalized spacial score (nSPS) is 29.0. The molecule has 2 fully saturated rings. The summed E-state index contributed by atoms with van der Waals surface area (Å²) in [6, 6.07) is -2.89. The van der Waals surface area contributed by atoms with E-state index in [2.05, 4.69) is 25.1 Å². The quantitative estimate of drug-likeness (QED) is 0.131. The van der Waals surface area contributed by atoms with Gasteiger partial charge in [-0.1, -0.05) is 13.8 Å². The molecule has 2 aromatic rings. The van der Waals surface area contributed by atoms with Gasteiger partial charge >= 0.3 is 19.6 Å². The molecular weight excluding hydrogens is 589 g/mol. The monoisotopic (exact) mass is 629 g/mol. The first-order chi connectivity index (χ1) is 20.3. The summed E-state index contributed by atoms with van der Waals surface area (Å²) in [5, 5.41) is 28.2. The summed E-state index contributed by atoms with van der Waals surface area (Å²) in [6.45, 7) is 7.98. The highest BCUT2D eigenvalue weighted by Crippen LogP contribution is 2.68. The van der Waals surface area contributed by atoms with Crippen LogP contribution in [-0.4, -0.2) is 104 Å². The Morgan fingerprint density at radius 2 is 1.72 bits per heavy atom. The minimum Gasteiger partial charge on any atom is -0.479 e. The molecule has 0 radical (unpaired) electrons. The zero-order valence-corrected chi connectivity index (χ0v) is 25.9. The van der Waals surface area contributed by atoms with E-state index < -0.39 is 67.8 Å². The Bertz CT molecular complexity index is 1360. The fraction of sp³-hybridized carbons (Fsp3) is 0.720. The Morgan fingerprint density at radius 1 is 1.14 bits per heavy atom. The zero-order valence-electron chi connectivity index (χ0n) is 25.0. The first kappa shape index (κ1) is 33.0. The average molecular weight is 630 g/mol. The van der Waals surface area contributed by atoms with Gasteiger partial charge in [0.2, 0.25) is 11.8 Å². The Morgan fingerprint density at radius 3 is 2.19 bits per heavy atom. The molecule has 8 atom stereocenters. The average Bonchev–Trinajstić information content (AvgIpc) is 3.18. The molecule has 240 valence electrons. The third-order valence-electron chi connectivity index (χ3n) is 7.76. The van der Waals surface area contributed by atoms with Crippen molar-refractivity contribution in [1.82, 2.24) is 29.7 Å². The smallest absolute Gasteiger partial charge is 0.342 e. The van der Waals surface area contributed by atoms with E-state index in [1.165, 1.54) is 18.0 Å². The van der Waals surface area contributed by atoms with Crippen LogP contribution in [0.25, 0.3) is 11.2 Å². The second-order valence-corrected chi connectivity index (χ2v) is 12.3. The van der Waals surface area contributed by atoms with Gasteiger partial charge in [0.15, 0.2) is 11.2 Å². The van der Waals surface area contributed by atoms with E-state index in [9.17, 15) is 24.4 Å². The predicted octanol–water partition coefficient (Wildman–Crippen LogP) is 0.209. The van der Waals surface area contributed by atoms with Crippen LogP contribution in [0.4, 0.5) is 5.95 Å². The third kappa shape index (κ3) is 5.82. The van der Waals surface area contributed by atoms with Crippen molar-refractivity contribution < 1.29 is 47.8 Å². The second kappa shape index (κ2) is 12.6. The lowest BCUT2D eigenvalue weighted by atomic mass is 10.1. The summed E-state index contributed by atoms with van der Waals surface area (Å²) in [6.07, 6.45) is -0.836. The van der Waals surface area contributed by atoms with Crippen LogP contribution >= 0.6 is 7.67 Å². The number of aromatic nitrogens is 4. The zero-order chi connectivity index (χ0) is 31.7. The molecule has 2 aliphatic rings. The molecule has 1 aliphatic heterocycles. The number of nitrogens with one attached hydrogen (secondary N) is 2. The Kier molecular flexibility index (Phi) is 9.66. The molecule has 4 rings (SSSR count). The predicted molar refractivity (Wildman–Crippen MR) is 151 cm³/mol. The maximum absolute atomic E-state index is 14.1. The Labute approximate surface area is 248 Å². The number of hydrogen-bond acceptors (Lipinski definition) is 14. The van der Waals surface area contributed by atoms with Crippen LogP contribution < -0.4 is 20.6 Å². The van der Waals surface area contributed by atoms with Crippen molar-refractivity contribution in [2.75, 3.05) is 32.7 Å². The number of fused-ring (bicyclic) bond motifs is 2. The van der Waals surface area contributed by atoms with Gasteiger partial charge in [-0.15, -0.1) is 0 Å². The lowest BCUT2D eigenvalue weighted by Crippen LogP contribution is -2.45. The molecule has 17 nitrogen and oxygen atoms in total. The number of carbonyl (C=O) groups excluding carboxylic acids is 2. The number of esters is 2. The van der Waals surface area contributed by atoms with Crippen molar-refractivity contribution in [3.05, 3.63) is 6.33 Å². The van der Waals surface area contributed by atoms with Crippen molar-refractivity contribution in [1.29, 1.82) is 0 Å². The van der Waals surface area contributed by atoms with Gasteiger partial charge in [-0.25, -0.2) is 15.2 Å². The first-order valence-electron chi connectivity index (χ1n) is 14.1. The molecule has 0 amide bonds. The van der Waals surface area contributed by atoms with Crippen LogP contribution in [-0.2, 0) is 32.9 Å². The molecule has 1 aliphatic carbocycles. The first-order valence-corrected chi connectivity index (χ1v) is 15.7. The summed E-state index contributed by atoms with van der Waals surface area (Å²) in [5.41, 5.74) is 3.27. The minimum atomic E-state index is -4.19. The maximum atomic E-state index is 14.1. The molecular formula is C25H40N7O10P. The number of nitrogens with two attached hydrogens (primary N) is 1. The van der Waals surface area contributed by atoms with Crippen LogP contribution in [0.15, 0.2) is 6.33 Å². The lowest BCUT2D eigenvalue weighted by molar-refractivity contribution is -0.145. The topological polar surface area (TPSA) is 232 Å². The number of nitrogen functional groups attached to an aromatic ring is 1. The van der Waals surface area contributed by atoms with Crippen molar-refractivity contribution in [2.45, 2.75) is 89.0 Å². The number of aliphatic hydroxyl groups is 2. The molecule has 18 heteroatoms. The highest BCUT2D eigenvalue weighted by Gasteiger charge is 2.85. The number of anilines is 1. The summed E-state index contributed by atoms with van der Waals surface area (Å²) >= 11 is 0. The molecule has 3 heterocycles. The van der Waals surface area contributed by atoms with Crippen LogP contribution in [0.3, 0.4) is 0 Å². The molecule has 6 N–H and O–H groups in total. The molecule has 0 aromatic carbocycles. The number of carbonyl (C=O) groups is 2. The number of methoxy groups -OCH3 is 1. The summed E-state index contributed by atoms with van der Waals surface area (Å²) < 4.78 is 42.8. The molecule has 0 spiro atoms. The van der Waals surface area contributed by atoms with Crippen molar-refractivity contribution in [2.24, 2.45) is 0 Å². The molecule has 1 saturated heterocycles. The molecule has 0 bridgehead atoms. The molecule has 4 unspecified atom stereocenters. The minimum absolute atomic E-state index is 0.0704. The van der Waals surface area contributed by atoms with Crippen molar-refractivity contribution in [3.63, 3.8) is 0 Å². The van der Waals surface area contributed by atoms with E-state index in [0.29, 0.717) is 5.52 Å². The number of ether oxygens (including phenoxy) is 4. The number of rotatable bonds is 15. The fourth-order valence-corrected chi connectivity index (χ4v) is 7.48. The largest absolute Gasteiger partial charge is 0.479 e. The fourth-order valence-electron chi connectivity index (χ4n) is 5.50. The number of nitrogens with zero attached hydrogens (tertiary/aromatic N) is 4. The van der Waals surface area contributed by atoms with Gasteiger partial charge in [-0.3, -0.25) is 14.2 Å². The summed E-state index contributed by atoms with van der Waals surface area (Å²) in [5.74, 6) is -1.24. The second-order valence-electron chi connectivity index (χ2n) is 10.4. The van der Waals surface area contributed by atoms with E-state index in [4.69, 9.17) is 29.2 Å². The van der Waals surface area contributed by atoms with Crippen molar-refractivity contribution >= 4 is 36.7 Å². The molecule has 43 heavy (non-hydrogen) atoms. The van der Waals surface area contributed by atoms with Gasteiger partial charge in [0.1, 0.15) is 41.5 Å². The Hall–Kier alpha value is -2.92. The number of imidazole rings is 1. The Balaban J connectivity index is 1.54. The molecule has 1 saturated carbocycles. The van der Waals surface area contributed by atoms with Gasteiger partial charge in [-0.2, -0.15) is 9.97 Å². The van der Waals surface area contributed by atoms with Crippen LogP contribution in [0, 0.1) is 0 Å². The van der Waals surface area contributed by atoms with Gasteiger partial charge in [0, 0.05) is 0 Å². The van der Waals surface area contributed by atoms with Gasteiger partial charge < -0.3 is 44.0 Å². The van der Waals surface area contributed by atoms with Gasteiger partial charge in [-0.05, 0) is 33.6 Å². The van der Waals surface area contributed by atoms with E-state index in [-0.39, 0.29) is 43.5 Å². The summed E-state index contributed by atoms with van der Waals surface area (Å²) in [7, 11) is -2.78. The van der Waals surface area contributed by atoms with E-state index in [0.717, 1.165) is 0 Å². The van der Waals surface area contributed by atoms with Crippen molar-refractivity contribution in [3.8, 4) is 5.88 Å². The van der Waals surface area contributed by atoms with E-state index in [1.54, 1.807) is 34.6 Å². The SMILES string of the molecule is CCOC(=O)[C@H](CC)NP(=O)(N[C@H](CC)C(=O)OCC)OC[C@H]1OC2(C)[C@@H](n3cnc4c(OC)nc(N)nc43)C2(O)C1O. The summed E-state index contributed by atoms with van der Waals surface area (Å²) in [4.78, 5) is 37.5. The molecule has 2 aromatic heterocycles. The van der Waals surface area contributed by atoms with Crippen LogP contribution in [0.5, 0.6) is 5.88 Å². The van der Waals surface area contributed by atoms with E-state index >= 15 is 0 Å². The highest BCUT2D eigenvalue weighted by atomic mass is 31.2. The van der Waals surface area contributed by atoms with Crippen LogP contribution in [0.1, 0.15) is 53.5 Å². The standard InChI is InChI=1S/C25H40N7O10P/c1-7-13(20(34)39-9-3)30-43(37,31-14(8-2)21(35)40-10-4)41-11-15-17(33)25(36)22(24(25,5)42-15)32-12-27-16-18(32)28-23(26)29-19(16)38-6/h12-15,17,22,33,36H,7-11H2,1-6H3,(H2,26,28,29)(H2,30,31,37)/t13-,14+,15-,17?,22-,24?,25?,43?/m1/s1.